The van der Waals surface area contributed by atoms with Crippen molar-refractivity contribution in [2.45, 2.75) is 13.8 Å². The van der Waals surface area contributed by atoms with Crippen molar-refractivity contribution in [2.24, 2.45) is 5.92 Å². The first-order valence-electron chi connectivity index (χ1n) is 7.16. The van der Waals surface area contributed by atoms with E-state index in [2.05, 4.69) is 14.9 Å². The van der Waals surface area contributed by atoms with Gasteiger partial charge in [0.15, 0.2) is 5.82 Å². The Balaban J connectivity index is 2.06. The average molecular weight is 317 g/mol. The predicted octanol–water partition coefficient (Wildman–Crippen LogP) is 1.93. The van der Waals surface area contributed by atoms with Crippen LogP contribution in [0.4, 0.5) is 0 Å². The van der Waals surface area contributed by atoms with Gasteiger partial charge in [-0.05, 0) is 31.2 Å². The van der Waals surface area contributed by atoms with Crippen LogP contribution in [0.1, 0.15) is 23.1 Å². The minimum atomic E-state index is -0.380. The maximum atomic E-state index is 12.4. The first-order valence-corrected chi connectivity index (χ1v) is 7.16. The van der Waals surface area contributed by atoms with E-state index in [9.17, 15) is 9.59 Å². The monoisotopic (exact) mass is 317 g/mol. The second kappa shape index (κ2) is 7.04. The van der Waals surface area contributed by atoms with Gasteiger partial charge in [-0.3, -0.25) is 9.59 Å². The molecule has 1 amide bonds. The molecule has 0 fully saturated rings. The Labute approximate surface area is 134 Å². The van der Waals surface area contributed by atoms with E-state index >= 15 is 0 Å². The van der Waals surface area contributed by atoms with E-state index in [0.29, 0.717) is 17.3 Å². The highest BCUT2D eigenvalue weighted by atomic mass is 16.5. The number of rotatable bonds is 5. The fraction of sp³-hybridized carbons (Fsp3) is 0.375. The molecule has 0 bridgehead atoms. The third kappa shape index (κ3) is 3.94. The molecule has 1 aromatic carbocycles. The smallest absolute Gasteiger partial charge is 0.310 e. The molecule has 1 unspecified atom stereocenters. The zero-order chi connectivity index (χ0) is 17.0. The molecule has 0 aliphatic carbocycles. The highest BCUT2D eigenvalue weighted by molar-refractivity contribution is 5.94. The molecule has 0 N–H and O–H groups in total. The molecule has 0 spiro atoms. The van der Waals surface area contributed by atoms with Gasteiger partial charge in [0.25, 0.3) is 11.8 Å². The number of hydrogen-bond acceptors (Lipinski definition) is 6. The first-order chi connectivity index (χ1) is 10.9. The highest BCUT2D eigenvalue weighted by Crippen LogP contribution is 2.18. The number of hydrogen-bond donors (Lipinski definition) is 0. The fourth-order valence-electron chi connectivity index (χ4n) is 2.16. The predicted molar refractivity (Wildman–Crippen MR) is 82.6 cm³/mol. The summed E-state index contributed by atoms with van der Waals surface area (Å²) in [5.41, 5.74) is 1.26. The summed E-state index contributed by atoms with van der Waals surface area (Å²) in [5.74, 6) is 0.0706. The summed E-state index contributed by atoms with van der Waals surface area (Å²) < 4.78 is 9.75. The van der Waals surface area contributed by atoms with E-state index in [-0.39, 0.29) is 24.3 Å². The molecule has 1 atom stereocenters. The van der Waals surface area contributed by atoms with Crippen LogP contribution >= 0.6 is 0 Å². The summed E-state index contributed by atoms with van der Waals surface area (Å²) in [6.45, 7) is 3.75. The molecular formula is C16H19N3O4. The summed E-state index contributed by atoms with van der Waals surface area (Å²) in [6, 6.07) is 6.88. The Hall–Kier alpha value is -2.70. The van der Waals surface area contributed by atoms with Gasteiger partial charge in [0, 0.05) is 24.7 Å². The van der Waals surface area contributed by atoms with E-state index in [1.807, 2.05) is 0 Å². The summed E-state index contributed by atoms with van der Waals surface area (Å²) in [5, 5.41) is 3.73. The van der Waals surface area contributed by atoms with Gasteiger partial charge in [-0.2, -0.15) is 4.98 Å². The number of ether oxygens (including phenoxy) is 1. The number of esters is 1. The van der Waals surface area contributed by atoms with E-state index in [0.717, 1.165) is 5.56 Å². The topological polar surface area (TPSA) is 85.5 Å². The maximum absolute atomic E-state index is 12.4. The standard InChI is InChI=1S/C16H19N3O4/c1-10(16(21)22-4)9-19(3)15(20)13-7-5-12(6-8-13)14-17-11(2)18-23-14/h5-8,10H,9H2,1-4H3. The molecule has 1 heterocycles. The Kier molecular flexibility index (Phi) is 5.10. The van der Waals surface area contributed by atoms with E-state index in [1.54, 1.807) is 45.2 Å². The van der Waals surface area contributed by atoms with Gasteiger partial charge in [-0.1, -0.05) is 12.1 Å². The van der Waals surface area contributed by atoms with E-state index in [4.69, 9.17) is 4.52 Å². The maximum Gasteiger partial charge on any atom is 0.310 e. The fourth-order valence-corrected chi connectivity index (χ4v) is 2.16. The number of aryl methyl sites for hydroxylation is 1. The third-order valence-electron chi connectivity index (χ3n) is 3.40. The van der Waals surface area contributed by atoms with Gasteiger partial charge in [0.05, 0.1) is 13.0 Å². The van der Waals surface area contributed by atoms with Crippen molar-refractivity contribution < 1.29 is 18.8 Å². The SMILES string of the molecule is COC(=O)C(C)CN(C)C(=O)c1ccc(-c2nc(C)no2)cc1. The zero-order valence-corrected chi connectivity index (χ0v) is 13.6. The van der Waals surface area contributed by atoms with Gasteiger partial charge in [-0.15, -0.1) is 0 Å². The summed E-state index contributed by atoms with van der Waals surface area (Å²) in [7, 11) is 2.98. The molecule has 122 valence electrons. The average Bonchev–Trinajstić information content (AvgIpc) is 2.99. The lowest BCUT2D eigenvalue weighted by Gasteiger charge is -2.20. The van der Waals surface area contributed by atoms with Crippen molar-refractivity contribution in [1.29, 1.82) is 0 Å². The minimum Gasteiger partial charge on any atom is -0.469 e. The number of carbonyl (C=O) groups is 2. The van der Waals surface area contributed by atoms with Crippen molar-refractivity contribution in [3.05, 3.63) is 35.7 Å². The van der Waals surface area contributed by atoms with E-state index in [1.165, 1.54) is 12.0 Å². The van der Waals surface area contributed by atoms with Crippen LogP contribution < -0.4 is 0 Å². The lowest BCUT2D eigenvalue weighted by atomic mass is 10.1. The molecule has 7 nitrogen and oxygen atoms in total. The molecule has 0 radical (unpaired) electrons. The number of nitrogens with zero attached hydrogens (tertiary/aromatic N) is 3. The molecule has 0 saturated carbocycles. The van der Waals surface area contributed by atoms with Crippen LogP contribution in [-0.4, -0.2) is 47.6 Å². The van der Waals surface area contributed by atoms with Crippen LogP contribution in [0.3, 0.4) is 0 Å². The zero-order valence-electron chi connectivity index (χ0n) is 13.6. The van der Waals surface area contributed by atoms with Gasteiger partial charge in [0.1, 0.15) is 0 Å². The van der Waals surface area contributed by atoms with Gasteiger partial charge in [0.2, 0.25) is 0 Å². The molecule has 0 aliphatic heterocycles. The van der Waals surface area contributed by atoms with E-state index < -0.39 is 0 Å². The summed E-state index contributed by atoms with van der Waals surface area (Å²) in [6.07, 6.45) is 0. The second-order valence-corrected chi connectivity index (χ2v) is 5.33. The molecular weight excluding hydrogens is 298 g/mol. The van der Waals surface area contributed by atoms with Crippen molar-refractivity contribution in [2.75, 3.05) is 20.7 Å². The van der Waals surface area contributed by atoms with Gasteiger partial charge < -0.3 is 14.2 Å². The van der Waals surface area contributed by atoms with Crippen LogP contribution in [-0.2, 0) is 9.53 Å². The molecule has 0 saturated heterocycles. The normalized spacial score (nSPS) is 11.8. The van der Waals surface area contributed by atoms with Gasteiger partial charge >= 0.3 is 5.97 Å². The third-order valence-corrected chi connectivity index (χ3v) is 3.40. The molecule has 2 aromatic rings. The quantitative estimate of drug-likeness (QED) is 0.783. The number of carbonyl (C=O) groups excluding carboxylic acids is 2. The number of amides is 1. The van der Waals surface area contributed by atoms with Crippen LogP contribution in [0, 0.1) is 12.8 Å². The van der Waals surface area contributed by atoms with Crippen LogP contribution in [0.2, 0.25) is 0 Å². The van der Waals surface area contributed by atoms with Gasteiger partial charge in [-0.25, -0.2) is 0 Å². The molecule has 1 aromatic heterocycles. The van der Waals surface area contributed by atoms with Crippen molar-refractivity contribution in [1.82, 2.24) is 15.0 Å². The first kappa shape index (κ1) is 16.7. The van der Waals surface area contributed by atoms with Crippen LogP contribution in [0.25, 0.3) is 11.5 Å². The largest absolute Gasteiger partial charge is 0.469 e. The second-order valence-electron chi connectivity index (χ2n) is 5.33. The summed E-state index contributed by atoms with van der Waals surface area (Å²) in [4.78, 5) is 29.4. The van der Waals surface area contributed by atoms with Crippen LogP contribution in [0.15, 0.2) is 28.8 Å². The molecule has 0 aliphatic rings. The van der Waals surface area contributed by atoms with Crippen molar-refractivity contribution in [3.8, 4) is 11.5 Å². The van der Waals surface area contributed by atoms with Crippen molar-refractivity contribution in [3.63, 3.8) is 0 Å². The van der Waals surface area contributed by atoms with Crippen molar-refractivity contribution >= 4 is 11.9 Å². The lowest BCUT2D eigenvalue weighted by Crippen LogP contribution is -2.34. The highest BCUT2D eigenvalue weighted by Gasteiger charge is 2.19. The Bertz CT molecular complexity index is 694. The number of methoxy groups -OCH3 is 1. The molecule has 7 heteroatoms. The van der Waals surface area contributed by atoms with Crippen LogP contribution in [0.5, 0.6) is 0 Å². The number of benzene rings is 1. The summed E-state index contributed by atoms with van der Waals surface area (Å²) >= 11 is 0. The Morgan fingerprint density at radius 1 is 1.30 bits per heavy atom. The lowest BCUT2D eigenvalue weighted by molar-refractivity contribution is -0.145. The minimum absolute atomic E-state index is 0.172. The molecule has 23 heavy (non-hydrogen) atoms. The Morgan fingerprint density at radius 3 is 2.48 bits per heavy atom. The molecule has 2 rings (SSSR count). The Morgan fingerprint density at radius 2 is 1.96 bits per heavy atom. The number of aromatic nitrogens is 2.